The van der Waals surface area contributed by atoms with E-state index in [4.69, 9.17) is 32.8 Å². The Hall–Kier alpha value is -4.72. The maximum atomic E-state index is 15.2. The number of aryl methyl sites for hydroxylation is 2. The summed E-state index contributed by atoms with van der Waals surface area (Å²) >= 11 is 0. The van der Waals surface area contributed by atoms with E-state index in [0.717, 1.165) is 25.5 Å². The maximum Gasteiger partial charge on any atom is 0.453 e. The molecule has 374 valence electrons. The highest BCUT2D eigenvalue weighted by Gasteiger charge is 2.76. The lowest BCUT2D eigenvalue weighted by atomic mass is 10.1. The Labute approximate surface area is 387 Å². The summed E-state index contributed by atoms with van der Waals surface area (Å²) in [6, 6.07) is 17.6. The second-order valence-electron chi connectivity index (χ2n) is 18.3. The Morgan fingerprint density at radius 3 is 1.51 bits per heavy atom. The van der Waals surface area contributed by atoms with Gasteiger partial charge in [-0.15, -0.1) is 0 Å². The molecule has 0 spiro atoms. The lowest BCUT2D eigenvalue weighted by Gasteiger charge is -2.41. The molecule has 0 unspecified atom stereocenters. The molecule has 2 aliphatic heterocycles. The third-order valence-corrected chi connectivity index (χ3v) is 16.8. The van der Waals surface area contributed by atoms with Crippen molar-refractivity contribution in [1.29, 1.82) is 0 Å². The van der Waals surface area contributed by atoms with Crippen molar-refractivity contribution < 1.29 is 64.3 Å². The van der Waals surface area contributed by atoms with E-state index >= 15 is 26.3 Å². The molecule has 1 N–H and O–H groups in total. The first-order valence-corrected chi connectivity index (χ1v) is 24.6. The van der Waals surface area contributed by atoms with Crippen LogP contribution in [-0.4, -0.2) is 87.5 Å². The van der Waals surface area contributed by atoms with Gasteiger partial charge >= 0.3 is 29.5 Å². The van der Waals surface area contributed by atoms with E-state index in [1.807, 2.05) is 20.8 Å². The van der Waals surface area contributed by atoms with Crippen molar-refractivity contribution in [3.05, 3.63) is 137 Å². The number of aromatic nitrogens is 4. The zero-order valence-corrected chi connectivity index (χ0v) is 39.5. The zero-order valence-electron chi connectivity index (χ0n) is 38.5. The van der Waals surface area contributed by atoms with E-state index in [2.05, 4.69) is 0 Å². The normalized spacial score (nSPS) is 21.7. The van der Waals surface area contributed by atoms with Gasteiger partial charge < -0.3 is 38.0 Å². The fraction of sp³-hybridized carbons (Fsp3) is 0.556. The van der Waals surface area contributed by atoms with Gasteiger partial charge in [0.05, 0.1) is 38.6 Å². The fourth-order valence-corrected chi connectivity index (χ4v) is 8.94. The van der Waals surface area contributed by atoms with Gasteiger partial charge in [-0.05, 0) is 43.1 Å². The number of hydrogen-bond donors (Lipinski definition) is 1. The van der Waals surface area contributed by atoms with Crippen LogP contribution in [-0.2, 0) is 59.5 Å². The topological polar surface area (TPSA) is 173 Å². The number of aliphatic hydroxyl groups is 1. The van der Waals surface area contributed by atoms with Gasteiger partial charge in [-0.1, -0.05) is 81.4 Å². The lowest BCUT2D eigenvalue weighted by Crippen LogP contribution is -2.63. The molecule has 4 aromatic rings. The Morgan fingerprint density at radius 2 is 1.10 bits per heavy atom. The number of alkyl halides is 6. The smallest absolute Gasteiger partial charge is 0.411 e. The van der Waals surface area contributed by atoms with Crippen LogP contribution in [0.15, 0.2) is 92.2 Å². The third kappa shape index (κ3) is 11.3. The summed E-state index contributed by atoms with van der Waals surface area (Å²) in [5.74, 6) is -5.37. The van der Waals surface area contributed by atoms with Gasteiger partial charge in [-0.3, -0.25) is 18.7 Å². The van der Waals surface area contributed by atoms with E-state index in [9.17, 15) is 24.3 Å². The number of hydrogen-bond acceptors (Lipinski definition) is 12. The van der Waals surface area contributed by atoms with Gasteiger partial charge in [-0.2, -0.15) is 26.3 Å². The number of nitrogens with zero attached hydrogens (tertiary/aromatic N) is 4. The van der Waals surface area contributed by atoms with E-state index in [1.165, 1.54) is 20.0 Å². The summed E-state index contributed by atoms with van der Waals surface area (Å²) in [5.41, 5.74) is -1.97. The van der Waals surface area contributed by atoms with Crippen molar-refractivity contribution in [2.45, 2.75) is 147 Å². The minimum absolute atomic E-state index is 0.00646. The van der Waals surface area contributed by atoms with Crippen LogP contribution in [0.5, 0.6) is 0 Å². The van der Waals surface area contributed by atoms with Crippen molar-refractivity contribution in [3.8, 4) is 0 Å². The molecule has 4 heterocycles. The first kappa shape index (κ1) is 52.6. The molecule has 68 heavy (non-hydrogen) atoms. The van der Waals surface area contributed by atoms with Crippen LogP contribution < -0.4 is 22.5 Å². The monoisotopic (exact) mass is 986 g/mol. The standard InChI is InChI=1S/C45H56F6N4O12Si/c1-28-20-52(40(59)54(38(28)57)26-61-23-30-14-10-8-11-15-30)36-18-32(34(22-56)64-36)66-43(44(46,47)48,45(49,50)51)63-25-35-33(67-68(6,7)42(3,4)5)19-37(65-35)53-21-29(2)39(58)55(41(53)60)27-62-24-31-16-12-9-13-17-31/h8-17,20-21,32-37,56H,18-19,22-27H2,1-7H3/t32-,33-,34+,35+,36+,37+/m0/s1. The van der Waals surface area contributed by atoms with Gasteiger partial charge in [0.1, 0.15) is 38.1 Å². The molecule has 0 aliphatic carbocycles. The third-order valence-electron chi connectivity index (χ3n) is 12.3. The maximum absolute atomic E-state index is 15.2. The molecule has 16 nitrogen and oxygen atoms in total. The molecule has 2 fully saturated rings. The summed E-state index contributed by atoms with van der Waals surface area (Å²) in [6.07, 6.45) is -21.6. The summed E-state index contributed by atoms with van der Waals surface area (Å²) in [7, 11) is -2.88. The number of rotatable bonds is 18. The fourth-order valence-electron chi connectivity index (χ4n) is 7.58. The Balaban J connectivity index is 1.28. The van der Waals surface area contributed by atoms with Crippen molar-refractivity contribution >= 4 is 8.32 Å². The molecule has 6 atom stereocenters. The van der Waals surface area contributed by atoms with Crippen molar-refractivity contribution in [3.63, 3.8) is 0 Å². The Morgan fingerprint density at radius 1 is 0.676 bits per heavy atom. The molecule has 0 bridgehead atoms. The Bertz CT molecular complexity index is 2580. The molecule has 2 aromatic heterocycles. The van der Waals surface area contributed by atoms with Gasteiger partial charge in [0.15, 0.2) is 8.32 Å². The highest BCUT2D eigenvalue weighted by molar-refractivity contribution is 6.74. The minimum Gasteiger partial charge on any atom is -0.411 e. The molecule has 23 heteroatoms. The highest BCUT2D eigenvalue weighted by atomic mass is 28.4. The molecular formula is C45H56F6N4O12Si. The predicted molar refractivity (Wildman–Crippen MR) is 234 cm³/mol. The minimum atomic E-state index is -6.34. The van der Waals surface area contributed by atoms with E-state index < -0.39 is 124 Å². The SMILES string of the molecule is Cc1cn([C@H]2C[C@H](OC(OC[C@H]3O[C@@H](n4cc(C)c(=O)n(COCc5ccccc5)c4=O)C[C@@H]3O[Si](C)(C)C(C)(C)C)(C(F)(F)F)C(F)(F)F)[C@@H](CO)O2)c(=O)n(COCc2ccccc2)c1=O. The van der Waals surface area contributed by atoms with Crippen LogP contribution >= 0.6 is 0 Å². The van der Waals surface area contributed by atoms with Crippen LogP contribution in [0.3, 0.4) is 0 Å². The summed E-state index contributed by atoms with van der Waals surface area (Å²) < 4.78 is 134. The van der Waals surface area contributed by atoms with Crippen LogP contribution in [0.2, 0.25) is 18.1 Å². The average molecular weight is 987 g/mol. The molecule has 0 saturated carbocycles. The van der Waals surface area contributed by atoms with Crippen molar-refractivity contribution in [2.75, 3.05) is 13.2 Å². The summed E-state index contributed by atoms with van der Waals surface area (Å²) in [4.78, 5) is 53.7. The van der Waals surface area contributed by atoms with Gasteiger partial charge in [0.2, 0.25) is 0 Å². The average Bonchev–Trinajstić information content (AvgIpc) is 3.86. The molecule has 0 radical (unpaired) electrons. The van der Waals surface area contributed by atoms with Gasteiger partial charge in [-0.25, -0.2) is 18.7 Å². The first-order chi connectivity index (χ1) is 31.8. The number of ether oxygens (including phenoxy) is 6. The number of aliphatic hydroxyl groups excluding tert-OH is 1. The summed E-state index contributed by atoms with van der Waals surface area (Å²) in [6.45, 7) is 8.33. The van der Waals surface area contributed by atoms with Crippen molar-refractivity contribution in [1.82, 2.24) is 18.3 Å². The number of halogens is 6. The molecule has 0 amide bonds. The number of benzene rings is 2. The van der Waals surface area contributed by atoms with Crippen molar-refractivity contribution in [2.24, 2.45) is 0 Å². The second kappa shape index (κ2) is 20.7. The largest absolute Gasteiger partial charge is 0.453 e. The first-order valence-electron chi connectivity index (χ1n) is 21.7. The van der Waals surface area contributed by atoms with Crippen LogP contribution in [0.1, 0.15) is 68.3 Å². The molecule has 2 aromatic carbocycles. The van der Waals surface area contributed by atoms with Crippen LogP contribution in [0.4, 0.5) is 26.3 Å². The molecular weight excluding hydrogens is 931 g/mol. The lowest BCUT2D eigenvalue weighted by molar-refractivity contribution is -0.480. The molecule has 2 saturated heterocycles. The van der Waals surface area contributed by atoms with Gasteiger partial charge in [0.25, 0.3) is 11.1 Å². The van der Waals surface area contributed by atoms with E-state index in [-0.39, 0.29) is 30.8 Å². The van der Waals surface area contributed by atoms with Gasteiger partial charge in [0, 0.05) is 36.4 Å². The second-order valence-corrected chi connectivity index (χ2v) is 23.1. The van der Waals surface area contributed by atoms with E-state index in [1.54, 1.807) is 73.8 Å². The predicted octanol–water partition coefficient (Wildman–Crippen LogP) is 6.18. The molecule has 2 aliphatic rings. The molecule has 6 rings (SSSR count). The summed E-state index contributed by atoms with van der Waals surface area (Å²) in [5, 5.41) is 9.70. The van der Waals surface area contributed by atoms with Crippen LogP contribution in [0, 0.1) is 13.8 Å². The highest BCUT2D eigenvalue weighted by Crippen LogP contribution is 2.50. The quantitative estimate of drug-likeness (QED) is 0.0683. The van der Waals surface area contributed by atoms with Crippen LogP contribution in [0.25, 0.3) is 0 Å². The Kier molecular flexibility index (Phi) is 16.0. The zero-order chi connectivity index (χ0) is 50.0. The van der Waals surface area contributed by atoms with E-state index in [0.29, 0.717) is 10.1 Å².